The van der Waals surface area contributed by atoms with Gasteiger partial charge in [-0.25, -0.2) is 0 Å². The third kappa shape index (κ3) is 4.25. The van der Waals surface area contributed by atoms with Gasteiger partial charge in [0, 0.05) is 27.5 Å². The average Bonchev–Trinajstić information content (AvgIpc) is 3.96. The normalized spacial score (nSPS) is 17.7. The lowest BCUT2D eigenvalue weighted by Crippen LogP contribution is -2.36. The van der Waals surface area contributed by atoms with Crippen LogP contribution >= 0.6 is 7.14 Å². The molecule has 1 heterocycles. The molecule has 1 aliphatic heterocycles. The Morgan fingerprint density at radius 1 is 0.509 bits per heavy atom. The van der Waals surface area contributed by atoms with Gasteiger partial charge in [0.2, 0.25) is 0 Å². The van der Waals surface area contributed by atoms with E-state index in [1.54, 1.807) is 0 Å². The topological polar surface area (TPSA) is 20.3 Å². The van der Waals surface area contributed by atoms with Crippen LogP contribution in [0.2, 0.25) is 0 Å². The first kappa shape index (κ1) is 30.4. The summed E-state index contributed by atoms with van der Waals surface area (Å²) in [6, 6.07) is 62.9. The smallest absolute Gasteiger partial charge is 0.171 e. The van der Waals surface area contributed by atoms with E-state index in [1.807, 2.05) is 30.3 Å². The van der Waals surface area contributed by atoms with E-state index in [0.29, 0.717) is 5.92 Å². The first-order valence-corrected chi connectivity index (χ1v) is 20.0. The van der Waals surface area contributed by atoms with Crippen molar-refractivity contribution in [2.75, 3.05) is 4.90 Å². The van der Waals surface area contributed by atoms with Gasteiger partial charge in [-0.2, -0.15) is 0 Å². The molecule has 0 amide bonds. The third-order valence-electron chi connectivity index (χ3n) is 11.6. The van der Waals surface area contributed by atoms with Gasteiger partial charge in [0.25, 0.3) is 0 Å². The molecule has 2 unspecified atom stereocenters. The lowest BCUT2D eigenvalue weighted by atomic mass is 9.64. The monoisotopic (exact) mass is 695 g/mol. The van der Waals surface area contributed by atoms with Gasteiger partial charge in [-0.3, -0.25) is 0 Å². The van der Waals surface area contributed by atoms with E-state index in [4.69, 9.17) is 0 Å². The first-order chi connectivity index (χ1) is 26.2. The molecule has 0 N–H and O–H groups in total. The minimum Gasteiger partial charge on any atom is -0.310 e. The maximum absolute atomic E-state index is 15.3. The molecule has 0 radical (unpaired) electrons. The fourth-order valence-electron chi connectivity index (χ4n) is 9.27. The zero-order chi connectivity index (χ0) is 35.1. The van der Waals surface area contributed by atoms with Gasteiger partial charge < -0.3 is 9.46 Å². The molecule has 2 nitrogen and oxygen atoms in total. The largest absolute Gasteiger partial charge is 0.310 e. The number of allylic oxidation sites excluding steroid dienone is 6. The lowest BCUT2D eigenvalue weighted by molar-refractivity contribution is 0.591. The molecule has 7 aromatic rings. The summed E-state index contributed by atoms with van der Waals surface area (Å²) >= 11 is 0. The van der Waals surface area contributed by atoms with Gasteiger partial charge in [-0.15, -0.1) is 0 Å². The predicted octanol–water partition coefficient (Wildman–Crippen LogP) is 11.8. The van der Waals surface area contributed by atoms with Crippen molar-refractivity contribution in [2.24, 2.45) is 5.92 Å². The molecule has 250 valence electrons. The van der Waals surface area contributed by atoms with Crippen LogP contribution in [0.1, 0.15) is 22.3 Å². The van der Waals surface area contributed by atoms with Gasteiger partial charge in [0.15, 0.2) is 7.14 Å². The lowest BCUT2D eigenvalue weighted by Gasteiger charge is -2.45. The van der Waals surface area contributed by atoms with Crippen molar-refractivity contribution >= 4 is 34.8 Å². The second-order valence-corrected chi connectivity index (χ2v) is 17.1. The highest BCUT2D eigenvalue weighted by atomic mass is 31.2. The SMILES string of the molecule is O=P(C1=CC2=CC2C=C1)(c1ccccc1)c1ccc(-c2cccc3c2-c2ccccc2C32c3ccccc3N(c3ccccc3)c3ccccc32)cc1. The standard InChI is InChI=1S/C50H34NOP/c52-53(38-16-5-2-6-17-38,40-31-28-35-32-36(35)33-40)39-29-26-34(27-30-39)41-19-13-23-46-49(41)42-18-7-8-20-43(42)50(46)44-21-9-11-24-47(44)51(37-14-3-1-4-15-37)48-25-12-10-22-45(48)50/h1-33,35H. The Morgan fingerprint density at radius 3 is 1.77 bits per heavy atom. The van der Waals surface area contributed by atoms with Crippen LogP contribution in [0.5, 0.6) is 0 Å². The number of para-hydroxylation sites is 3. The zero-order valence-electron chi connectivity index (χ0n) is 28.9. The second-order valence-electron chi connectivity index (χ2n) is 14.3. The minimum absolute atomic E-state index is 0.404. The van der Waals surface area contributed by atoms with E-state index >= 15 is 4.57 Å². The molecule has 4 aliphatic rings. The number of nitrogens with zero attached hydrogens (tertiary/aromatic N) is 1. The van der Waals surface area contributed by atoms with Crippen molar-refractivity contribution in [3.63, 3.8) is 0 Å². The van der Waals surface area contributed by atoms with Crippen molar-refractivity contribution in [2.45, 2.75) is 5.41 Å². The number of hydrogen-bond donors (Lipinski definition) is 0. The molecule has 1 spiro atoms. The highest BCUT2D eigenvalue weighted by molar-refractivity contribution is 7.82. The van der Waals surface area contributed by atoms with E-state index in [2.05, 4.69) is 175 Å². The molecule has 7 aromatic carbocycles. The van der Waals surface area contributed by atoms with Crippen LogP contribution in [-0.2, 0) is 9.98 Å². The summed E-state index contributed by atoms with van der Waals surface area (Å²) in [5, 5.41) is 2.61. The van der Waals surface area contributed by atoms with Crippen LogP contribution in [0.3, 0.4) is 0 Å². The van der Waals surface area contributed by atoms with Crippen LogP contribution in [-0.4, -0.2) is 0 Å². The summed E-state index contributed by atoms with van der Waals surface area (Å²) in [5.74, 6) is 0.404. The summed E-state index contributed by atoms with van der Waals surface area (Å²) in [6.45, 7) is 0. The number of rotatable bonds is 5. The van der Waals surface area contributed by atoms with E-state index < -0.39 is 12.6 Å². The van der Waals surface area contributed by atoms with Crippen molar-refractivity contribution in [1.29, 1.82) is 0 Å². The molecule has 2 atom stereocenters. The Balaban J connectivity index is 1.12. The number of anilines is 3. The Hall–Kier alpha value is -6.21. The van der Waals surface area contributed by atoms with Gasteiger partial charge in [-0.05, 0) is 80.4 Å². The van der Waals surface area contributed by atoms with Gasteiger partial charge in [-0.1, -0.05) is 170 Å². The summed E-state index contributed by atoms with van der Waals surface area (Å²) in [5.41, 5.74) is 14.2. The molecule has 0 aromatic heterocycles. The van der Waals surface area contributed by atoms with Crippen molar-refractivity contribution < 1.29 is 4.57 Å². The number of fused-ring (bicyclic) bond motifs is 10. The summed E-state index contributed by atoms with van der Waals surface area (Å²) < 4.78 is 15.3. The van der Waals surface area contributed by atoms with E-state index in [0.717, 1.165) is 27.2 Å². The van der Waals surface area contributed by atoms with E-state index in [1.165, 1.54) is 55.9 Å². The Bertz CT molecular complexity index is 2710. The molecule has 11 rings (SSSR count). The number of hydrogen-bond acceptors (Lipinski definition) is 2. The Kier molecular flexibility index (Phi) is 6.54. The molecule has 0 saturated carbocycles. The predicted molar refractivity (Wildman–Crippen MR) is 220 cm³/mol. The van der Waals surface area contributed by atoms with Gasteiger partial charge >= 0.3 is 0 Å². The van der Waals surface area contributed by atoms with Crippen LogP contribution in [0.25, 0.3) is 22.3 Å². The summed E-state index contributed by atoms with van der Waals surface area (Å²) in [7, 11) is -3.09. The number of benzene rings is 7. The quantitative estimate of drug-likeness (QED) is 0.167. The van der Waals surface area contributed by atoms with E-state index in [9.17, 15) is 0 Å². The Morgan fingerprint density at radius 2 is 1.08 bits per heavy atom. The Labute approximate surface area is 310 Å². The molecule has 0 bridgehead atoms. The van der Waals surface area contributed by atoms with Gasteiger partial charge in [0.1, 0.15) is 0 Å². The van der Waals surface area contributed by atoms with Crippen molar-refractivity contribution in [3.05, 3.63) is 233 Å². The van der Waals surface area contributed by atoms with Gasteiger partial charge in [0.05, 0.1) is 16.8 Å². The molecule has 3 heteroatoms. The molecule has 0 fully saturated rings. The average molecular weight is 696 g/mol. The fourth-order valence-corrected chi connectivity index (χ4v) is 12.0. The molecule has 3 aliphatic carbocycles. The minimum atomic E-state index is -3.09. The summed E-state index contributed by atoms with van der Waals surface area (Å²) in [6.07, 6.45) is 8.63. The van der Waals surface area contributed by atoms with Crippen LogP contribution < -0.4 is 15.5 Å². The third-order valence-corrected chi connectivity index (χ3v) is 14.7. The highest BCUT2D eigenvalue weighted by Crippen LogP contribution is 2.64. The zero-order valence-corrected chi connectivity index (χ0v) is 29.8. The second kappa shape index (κ2) is 11.4. The van der Waals surface area contributed by atoms with Crippen LogP contribution in [0, 0.1) is 5.92 Å². The highest BCUT2D eigenvalue weighted by Gasteiger charge is 2.52. The van der Waals surface area contributed by atoms with Crippen LogP contribution in [0.15, 0.2) is 211 Å². The van der Waals surface area contributed by atoms with E-state index in [-0.39, 0.29) is 0 Å². The molecular weight excluding hydrogens is 662 g/mol. The molecular formula is C50H34NOP. The van der Waals surface area contributed by atoms with Crippen LogP contribution in [0.4, 0.5) is 17.1 Å². The molecule has 53 heavy (non-hydrogen) atoms. The maximum atomic E-state index is 15.3. The maximum Gasteiger partial charge on any atom is 0.171 e. The molecule has 0 saturated heterocycles. The first-order valence-electron chi connectivity index (χ1n) is 18.3. The fraction of sp³-hybridized carbons (Fsp3) is 0.0400. The summed E-state index contributed by atoms with van der Waals surface area (Å²) in [4.78, 5) is 2.42. The van der Waals surface area contributed by atoms with Crippen molar-refractivity contribution in [1.82, 2.24) is 0 Å². The van der Waals surface area contributed by atoms with Crippen molar-refractivity contribution in [3.8, 4) is 22.3 Å².